The number of likely N-dealkylation sites (N-methyl/N-ethyl adjacent to an activating group) is 1. The molecule has 1 atom stereocenters. The highest BCUT2D eigenvalue weighted by molar-refractivity contribution is 5.41. The molecule has 0 amide bonds. The van der Waals surface area contributed by atoms with Crippen LogP contribution in [0, 0.1) is 0 Å². The summed E-state index contributed by atoms with van der Waals surface area (Å²) in [4.78, 5) is 0. The van der Waals surface area contributed by atoms with Gasteiger partial charge in [0.15, 0.2) is 0 Å². The number of rotatable bonds is 5. The van der Waals surface area contributed by atoms with E-state index in [2.05, 4.69) is 0 Å². The summed E-state index contributed by atoms with van der Waals surface area (Å²) >= 11 is 0. The van der Waals surface area contributed by atoms with Gasteiger partial charge in [-0.15, -0.1) is 0 Å². The molecule has 4 N–H and O–H groups in total. The molecule has 0 heterocycles. The second kappa shape index (κ2) is 5.55. The van der Waals surface area contributed by atoms with Crippen LogP contribution in [0.5, 0.6) is 5.75 Å². The Labute approximate surface area is 88.6 Å². The van der Waals surface area contributed by atoms with Crippen LogP contribution >= 0.6 is 0 Å². The van der Waals surface area contributed by atoms with Crippen LogP contribution < -0.4 is 10.5 Å². The standard InChI is InChI=1S/C10H16N2O3/c1-2-12(14)7-10(13)15-9-5-3-8(11)4-6-9/h3-6,10,13-14H,2,7,11H2,1H3. The third kappa shape index (κ3) is 4.16. The highest BCUT2D eigenvalue weighted by atomic mass is 16.6. The van der Waals surface area contributed by atoms with E-state index in [0.29, 0.717) is 18.0 Å². The van der Waals surface area contributed by atoms with Crippen molar-refractivity contribution in [1.82, 2.24) is 5.06 Å². The Hall–Kier alpha value is -1.30. The number of hydrogen-bond donors (Lipinski definition) is 3. The first kappa shape index (κ1) is 11.8. The molecule has 0 aliphatic carbocycles. The fourth-order valence-electron chi connectivity index (χ4n) is 1.05. The number of nitrogens with zero attached hydrogens (tertiary/aromatic N) is 1. The zero-order valence-corrected chi connectivity index (χ0v) is 8.63. The van der Waals surface area contributed by atoms with Crippen LogP contribution in [0.15, 0.2) is 24.3 Å². The van der Waals surface area contributed by atoms with Crippen LogP contribution in [0.3, 0.4) is 0 Å². The Morgan fingerprint density at radius 1 is 1.40 bits per heavy atom. The lowest BCUT2D eigenvalue weighted by atomic mass is 10.3. The number of nitrogen functional groups attached to an aromatic ring is 1. The molecule has 84 valence electrons. The van der Waals surface area contributed by atoms with Gasteiger partial charge in [0.2, 0.25) is 6.29 Å². The molecule has 0 fully saturated rings. The molecule has 0 bridgehead atoms. The van der Waals surface area contributed by atoms with Crippen LogP contribution in [-0.4, -0.2) is 34.8 Å². The summed E-state index contributed by atoms with van der Waals surface area (Å²) in [7, 11) is 0. The van der Waals surface area contributed by atoms with E-state index in [4.69, 9.17) is 15.7 Å². The molecule has 1 rings (SSSR count). The SMILES string of the molecule is CCN(O)CC(O)Oc1ccc(N)cc1. The number of ether oxygens (including phenoxy) is 1. The lowest BCUT2D eigenvalue weighted by molar-refractivity contribution is -0.146. The molecule has 1 unspecified atom stereocenters. The van der Waals surface area contributed by atoms with Gasteiger partial charge in [0.25, 0.3) is 0 Å². The van der Waals surface area contributed by atoms with E-state index < -0.39 is 6.29 Å². The average molecular weight is 212 g/mol. The molecule has 0 aliphatic heterocycles. The normalized spacial score (nSPS) is 12.8. The fourth-order valence-corrected chi connectivity index (χ4v) is 1.05. The number of aliphatic hydroxyl groups excluding tert-OH is 1. The predicted octanol–water partition coefficient (Wildman–Crippen LogP) is 0.677. The van der Waals surface area contributed by atoms with E-state index in [1.807, 2.05) is 0 Å². The molecular formula is C10H16N2O3. The Morgan fingerprint density at radius 3 is 2.53 bits per heavy atom. The van der Waals surface area contributed by atoms with E-state index >= 15 is 0 Å². The lowest BCUT2D eigenvalue weighted by Gasteiger charge is -2.18. The van der Waals surface area contributed by atoms with Crippen molar-refractivity contribution in [3.63, 3.8) is 0 Å². The minimum absolute atomic E-state index is 0.0425. The summed E-state index contributed by atoms with van der Waals surface area (Å²) in [6, 6.07) is 6.68. The summed E-state index contributed by atoms with van der Waals surface area (Å²) in [5.41, 5.74) is 6.13. The van der Waals surface area contributed by atoms with Gasteiger partial charge in [-0.05, 0) is 24.3 Å². The zero-order chi connectivity index (χ0) is 11.3. The highest BCUT2D eigenvalue weighted by Crippen LogP contribution is 2.14. The van der Waals surface area contributed by atoms with Crippen molar-refractivity contribution in [1.29, 1.82) is 0 Å². The van der Waals surface area contributed by atoms with Crippen LogP contribution in [0.2, 0.25) is 0 Å². The van der Waals surface area contributed by atoms with Gasteiger partial charge in [0.1, 0.15) is 5.75 Å². The van der Waals surface area contributed by atoms with Crippen molar-refractivity contribution in [2.75, 3.05) is 18.8 Å². The quantitative estimate of drug-likeness (QED) is 0.380. The molecule has 15 heavy (non-hydrogen) atoms. The molecular weight excluding hydrogens is 196 g/mol. The van der Waals surface area contributed by atoms with Crippen LogP contribution in [0.25, 0.3) is 0 Å². The minimum atomic E-state index is -1.06. The third-order valence-corrected chi connectivity index (χ3v) is 1.88. The van der Waals surface area contributed by atoms with Crippen molar-refractivity contribution in [2.24, 2.45) is 0 Å². The van der Waals surface area contributed by atoms with E-state index in [9.17, 15) is 5.11 Å². The van der Waals surface area contributed by atoms with Crippen LogP contribution in [0.4, 0.5) is 5.69 Å². The average Bonchev–Trinajstić information content (AvgIpc) is 2.21. The van der Waals surface area contributed by atoms with Crippen LogP contribution in [-0.2, 0) is 0 Å². The van der Waals surface area contributed by atoms with Crippen molar-refractivity contribution < 1.29 is 15.1 Å². The monoisotopic (exact) mass is 212 g/mol. The van der Waals surface area contributed by atoms with E-state index in [1.54, 1.807) is 31.2 Å². The number of benzene rings is 1. The molecule has 5 heteroatoms. The van der Waals surface area contributed by atoms with Crippen molar-refractivity contribution in [3.05, 3.63) is 24.3 Å². The lowest BCUT2D eigenvalue weighted by Crippen LogP contribution is -2.33. The molecule has 0 aromatic heterocycles. The number of nitrogens with two attached hydrogens (primary N) is 1. The van der Waals surface area contributed by atoms with Gasteiger partial charge < -0.3 is 20.8 Å². The van der Waals surface area contributed by atoms with Crippen molar-refractivity contribution in [3.8, 4) is 5.75 Å². The van der Waals surface area contributed by atoms with Gasteiger partial charge in [-0.25, -0.2) is 0 Å². The summed E-state index contributed by atoms with van der Waals surface area (Å²) in [6.07, 6.45) is -1.06. The van der Waals surface area contributed by atoms with Crippen LogP contribution in [0.1, 0.15) is 6.92 Å². The largest absolute Gasteiger partial charge is 0.464 e. The third-order valence-electron chi connectivity index (χ3n) is 1.88. The zero-order valence-electron chi connectivity index (χ0n) is 8.63. The summed E-state index contributed by atoms with van der Waals surface area (Å²) in [6.45, 7) is 2.25. The van der Waals surface area contributed by atoms with Gasteiger partial charge in [0.05, 0.1) is 6.54 Å². The van der Waals surface area contributed by atoms with Gasteiger partial charge in [-0.3, -0.25) is 0 Å². The van der Waals surface area contributed by atoms with E-state index in [-0.39, 0.29) is 6.54 Å². The molecule has 0 radical (unpaired) electrons. The molecule has 5 nitrogen and oxygen atoms in total. The number of anilines is 1. The predicted molar refractivity (Wildman–Crippen MR) is 56.5 cm³/mol. The molecule has 0 spiro atoms. The molecule has 1 aromatic carbocycles. The first-order valence-corrected chi connectivity index (χ1v) is 4.76. The van der Waals surface area contributed by atoms with Gasteiger partial charge >= 0.3 is 0 Å². The Kier molecular flexibility index (Phi) is 4.36. The number of hydrogen-bond acceptors (Lipinski definition) is 5. The number of hydroxylamine groups is 2. The Morgan fingerprint density at radius 2 is 2.00 bits per heavy atom. The molecule has 1 aromatic rings. The fraction of sp³-hybridized carbons (Fsp3) is 0.400. The van der Waals surface area contributed by atoms with Gasteiger partial charge in [-0.2, -0.15) is 5.06 Å². The second-order valence-corrected chi connectivity index (χ2v) is 3.15. The van der Waals surface area contributed by atoms with E-state index in [0.717, 1.165) is 5.06 Å². The smallest absolute Gasteiger partial charge is 0.212 e. The van der Waals surface area contributed by atoms with Gasteiger partial charge in [0, 0.05) is 12.2 Å². The highest BCUT2D eigenvalue weighted by Gasteiger charge is 2.09. The summed E-state index contributed by atoms with van der Waals surface area (Å²) < 4.78 is 5.14. The number of aliphatic hydroxyl groups is 1. The minimum Gasteiger partial charge on any atom is -0.464 e. The Balaban J connectivity index is 2.44. The van der Waals surface area contributed by atoms with Crippen molar-refractivity contribution >= 4 is 5.69 Å². The molecule has 0 saturated carbocycles. The van der Waals surface area contributed by atoms with Crippen molar-refractivity contribution in [2.45, 2.75) is 13.2 Å². The van der Waals surface area contributed by atoms with Gasteiger partial charge in [-0.1, -0.05) is 6.92 Å². The van der Waals surface area contributed by atoms with E-state index in [1.165, 1.54) is 0 Å². The molecule has 0 saturated heterocycles. The maximum Gasteiger partial charge on any atom is 0.212 e. The Bertz CT molecular complexity index is 289. The first-order chi connectivity index (χ1) is 7.11. The maximum atomic E-state index is 9.42. The maximum absolute atomic E-state index is 9.42. The second-order valence-electron chi connectivity index (χ2n) is 3.15. The summed E-state index contributed by atoms with van der Waals surface area (Å²) in [5.74, 6) is 0.515. The topological polar surface area (TPSA) is 79.0 Å². The molecule has 0 aliphatic rings. The summed E-state index contributed by atoms with van der Waals surface area (Å²) in [5, 5.41) is 19.5. The first-order valence-electron chi connectivity index (χ1n) is 4.76.